The van der Waals surface area contributed by atoms with Gasteiger partial charge in [0, 0.05) is 18.8 Å². The van der Waals surface area contributed by atoms with Crippen LogP contribution in [0.15, 0.2) is 18.5 Å². The Kier molecular flexibility index (Phi) is 2.59. The fraction of sp³-hybridized carbons (Fsp3) is 0.500. The molecule has 0 saturated carbocycles. The van der Waals surface area contributed by atoms with Gasteiger partial charge in [0.1, 0.15) is 0 Å². The molecule has 2 unspecified atom stereocenters. The average Bonchev–Trinajstić information content (AvgIpc) is 2.46. The van der Waals surface area contributed by atoms with Gasteiger partial charge < -0.3 is 4.90 Å². The Morgan fingerprint density at radius 2 is 2.43 bits per heavy atom. The summed E-state index contributed by atoms with van der Waals surface area (Å²) in [5.41, 5.74) is 0.607. The fourth-order valence-corrected chi connectivity index (χ4v) is 2.31. The molecule has 1 aromatic rings. The third kappa shape index (κ3) is 1.69. The lowest BCUT2D eigenvalue weighted by molar-refractivity contribution is 0.608. The van der Waals surface area contributed by atoms with Crippen LogP contribution in [-0.4, -0.2) is 22.9 Å². The molecule has 1 saturated heterocycles. The highest BCUT2D eigenvalue weighted by atomic mass is 35.5. The van der Waals surface area contributed by atoms with E-state index < -0.39 is 0 Å². The highest BCUT2D eigenvalue weighted by Crippen LogP contribution is 2.29. The van der Waals surface area contributed by atoms with Crippen LogP contribution in [-0.2, 0) is 0 Å². The molecule has 4 heteroatoms. The number of halogens is 2. The van der Waals surface area contributed by atoms with Crippen LogP contribution in [0.4, 0.5) is 10.1 Å². The fourth-order valence-electron chi connectivity index (χ4n) is 1.90. The molecule has 0 amide bonds. The van der Waals surface area contributed by atoms with Gasteiger partial charge in [-0.3, -0.25) is 4.98 Å². The lowest BCUT2D eigenvalue weighted by atomic mass is 10.2. The van der Waals surface area contributed by atoms with Crippen LogP contribution in [0.3, 0.4) is 0 Å². The second kappa shape index (κ2) is 3.73. The summed E-state index contributed by atoms with van der Waals surface area (Å²) in [6.07, 6.45) is 3.75. The largest absolute Gasteiger partial charge is 0.365 e. The maximum atomic E-state index is 13.4. The van der Waals surface area contributed by atoms with E-state index in [0.29, 0.717) is 18.3 Å². The molecular formula is C10H12ClFN2. The monoisotopic (exact) mass is 214 g/mol. The SMILES string of the molecule is CC1CC(Cl)CN1c1ccncc1F. The van der Waals surface area contributed by atoms with Crippen molar-refractivity contribution in [2.75, 3.05) is 11.4 Å². The lowest BCUT2D eigenvalue weighted by Gasteiger charge is -2.23. The van der Waals surface area contributed by atoms with Crippen LogP contribution in [0, 0.1) is 5.82 Å². The normalized spacial score (nSPS) is 26.9. The molecule has 2 atom stereocenters. The standard InChI is InChI=1S/C10H12ClFN2/c1-7-4-8(11)6-14(7)10-2-3-13-5-9(10)12/h2-3,5,7-8H,4,6H2,1H3. The van der Waals surface area contributed by atoms with Crippen LogP contribution in [0.5, 0.6) is 0 Å². The number of nitrogens with zero attached hydrogens (tertiary/aromatic N) is 2. The van der Waals surface area contributed by atoms with Crippen molar-refractivity contribution in [3.63, 3.8) is 0 Å². The molecule has 0 N–H and O–H groups in total. The Hall–Kier alpha value is -0.830. The first kappa shape index (κ1) is 9.71. The van der Waals surface area contributed by atoms with Gasteiger partial charge in [-0.2, -0.15) is 0 Å². The van der Waals surface area contributed by atoms with Crippen molar-refractivity contribution in [1.82, 2.24) is 4.98 Å². The van der Waals surface area contributed by atoms with Crippen molar-refractivity contribution in [2.45, 2.75) is 24.8 Å². The highest BCUT2D eigenvalue weighted by molar-refractivity contribution is 6.21. The van der Waals surface area contributed by atoms with Gasteiger partial charge in [-0.25, -0.2) is 4.39 Å². The summed E-state index contributed by atoms with van der Waals surface area (Å²) in [4.78, 5) is 5.72. The van der Waals surface area contributed by atoms with E-state index in [9.17, 15) is 4.39 Å². The second-order valence-corrected chi connectivity index (χ2v) is 4.28. The summed E-state index contributed by atoms with van der Waals surface area (Å²) in [6.45, 7) is 2.77. The first-order valence-corrected chi connectivity index (χ1v) is 5.12. The zero-order valence-electron chi connectivity index (χ0n) is 7.95. The molecule has 1 aromatic heterocycles. The van der Waals surface area contributed by atoms with Gasteiger partial charge in [-0.05, 0) is 19.4 Å². The Morgan fingerprint density at radius 1 is 1.64 bits per heavy atom. The van der Waals surface area contributed by atoms with Crippen LogP contribution in [0.1, 0.15) is 13.3 Å². The minimum atomic E-state index is -0.273. The van der Waals surface area contributed by atoms with E-state index in [4.69, 9.17) is 11.6 Å². The number of aromatic nitrogens is 1. The summed E-state index contributed by atoms with van der Waals surface area (Å²) in [6, 6.07) is 2.00. The summed E-state index contributed by atoms with van der Waals surface area (Å²) in [5, 5.41) is 0.123. The quantitative estimate of drug-likeness (QED) is 0.668. The molecule has 2 nitrogen and oxygen atoms in total. The lowest BCUT2D eigenvalue weighted by Crippen LogP contribution is -2.27. The minimum absolute atomic E-state index is 0.123. The van der Waals surface area contributed by atoms with Gasteiger partial charge in [0.15, 0.2) is 5.82 Å². The molecule has 0 spiro atoms. The predicted molar refractivity (Wildman–Crippen MR) is 55.3 cm³/mol. The maximum absolute atomic E-state index is 13.4. The van der Waals surface area contributed by atoms with Crippen molar-refractivity contribution in [3.05, 3.63) is 24.3 Å². The summed E-state index contributed by atoms with van der Waals surface area (Å²) >= 11 is 6.02. The van der Waals surface area contributed by atoms with E-state index in [1.54, 1.807) is 12.3 Å². The Balaban J connectivity index is 2.27. The number of hydrogen-bond donors (Lipinski definition) is 0. The van der Waals surface area contributed by atoms with Gasteiger partial charge in [-0.15, -0.1) is 11.6 Å². The van der Waals surface area contributed by atoms with Crippen LogP contribution in [0.25, 0.3) is 0 Å². The van der Waals surface area contributed by atoms with Crippen molar-refractivity contribution >= 4 is 17.3 Å². The zero-order chi connectivity index (χ0) is 10.1. The van der Waals surface area contributed by atoms with E-state index in [1.807, 2.05) is 4.90 Å². The third-order valence-electron chi connectivity index (χ3n) is 2.58. The molecule has 14 heavy (non-hydrogen) atoms. The smallest absolute Gasteiger partial charge is 0.164 e. The highest BCUT2D eigenvalue weighted by Gasteiger charge is 2.29. The molecule has 2 heterocycles. The van der Waals surface area contributed by atoms with Gasteiger partial charge in [0.2, 0.25) is 0 Å². The molecule has 0 aromatic carbocycles. The van der Waals surface area contributed by atoms with Gasteiger partial charge in [0.25, 0.3) is 0 Å². The Morgan fingerprint density at radius 3 is 3.00 bits per heavy atom. The summed E-state index contributed by atoms with van der Waals surface area (Å²) in [5.74, 6) is -0.273. The maximum Gasteiger partial charge on any atom is 0.164 e. The van der Waals surface area contributed by atoms with E-state index in [-0.39, 0.29) is 11.2 Å². The first-order valence-electron chi connectivity index (χ1n) is 4.68. The van der Waals surface area contributed by atoms with E-state index in [0.717, 1.165) is 6.42 Å². The average molecular weight is 215 g/mol. The van der Waals surface area contributed by atoms with E-state index in [2.05, 4.69) is 11.9 Å². The second-order valence-electron chi connectivity index (χ2n) is 3.66. The number of rotatable bonds is 1. The van der Waals surface area contributed by atoms with Crippen molar-refractivity contribution in [1.29, 1.82) is 0 Å². The molecular weight excluding hydrogens is 203 g/mol. The molecule has 2 rings (SSSR count). The number of pyridine rings is 1. The first-order chi connectivity index (χ1) is 6.68. The minimum Gasteiger partial charge on any atom is -0.365 e. The molecule has 0 radical (unpaired) electrons. The zero-order valence-corrected chi connectivity index (χ0v) is 8.71. The van der Waals surface area contributed by atoms with E-state index in [1.165, 1.54) is 6.20 Å². The van der Waals surface area contributed by atoms with Crippen LogP contribution in [0.2, 0.25) is 0 Å². The molecule has 1 aliphatic rings. The molecule has 1 aliphatic heterocycles. The summed E-state index contributed by atoms with van der Waals surface area (Å²) in [7, 11) is 0. The molecule has 0 aliphatic carbocycles. The van der Waals surface area contributed by atoms with Gasteiger partial charge >= 0.3 is 0 Å². The molecule has 76 valence electrons. The van der Waals surface area contributed by atoms with E-state index >= 15 is 0 Å². The summed E-state index contributed by atoms with van der Waals surface area (Å²) < 4.78 is 13.4. The van der Waals surface area contributed by atoms with Crippen molar-refractivity contribution in [2.24, 2.45) is 0 Å². The third-order valence-corrected chi connectivity index (χ3v) is 2.90. The number of alkyl halides is 1. The predicted octanol–water partition coefficient (Wildman–Crippen LogP) is 2.43. The Bertz CT molecular complexity index is 332. The van der Waals surface area contributed by atoms with Crippen molar-refractivity contribution in [3.8, 4) is 0 Å². The van der Waals surface area contributed by atoms with Gasteiger partial charge in [-0.1, -0.05) is 0 Å². The van der Waals surface area contributed by atoms with Crippen LogP contribution < -0.4 is 4.90 Å². The number of anilines is 1. The van der Waals surface area contributed by atoms with Gasteiger partial charge in [0.05, 0.1) is 17.3 Å². The molecule has 1 fully saturated rings. The molecule has 0 bridgehead atoms. The van der Waals surface area contributed by atoms with Crippen LogP contribution >= 0.6 is 11.6 Å². The van der Waals surface area contributed by atoms with Crippen molar-refractivity contribution < 1.29 is 4.39 Å². The number of hydrogen-bond acceptors (Lipinski definition) is 2. The Labute approximate surface area is 87.7 Å². The topological polar surface area (TPSA) is 16.1 Å².